The zero-order chi connectivity index (χ0) is 14.5. The number of hydrazone groups is 1. The highest BCUT2D eigenvalue weighted by molar-refractivity contribution is 7.15. The Morgan fingerprint density at radius 3 is 2.90 bits per heavy atom. The highest BCUT2D eigenvalue weighted by atomic mass is 35.5. The van der Waals surface area contributed by atoms with Crippen molar-refractivity contribution in [3.8, 4) is 0 Å². The van der Waals surface area contributed by atoms with Crippen molar-refractivity contribution in [1.82, 2.24) is 15.6 Å². The van der Waals surface area contributed by atoms with Crippen molar-refractivity contribution in [2.75, 3.05) is 5.73 Å². The molecule has 0 radical (unpaired) electrons. The summed E-state index contributed by atoms with van der Waals surface area (Å²) in [5.74, 6) is -0.317. The first-order chi connectivity index (χ1) is 9.54. The van der Waals surface area contributed by atoms with Gasteiger partial charge in [0.1, 0.15) is 5.01 Å². The minimum Gasteiger partial charge on any atom is -0.374 e. The molecule has 1 aromatic carbocycles. The Morgan fingerprint density at radius 2 is 2.25 bits per heavy atom. The van der Waals surface area contributed by atoms with Crippen molar-refractivity contribution >= 4 is 51.8 Å². The third kappa shape index (κ3) is 4.16. The first-order valence-corrected chi connectivity index (χ1v) is 6.96. The maximum Gasteiger partial charge on any atom is 0.247 e. The largest absolute Gasteiger partial charge is 0.374 e. The second kappa shape index (κ2) is 6.65. The number of nitrogens with one attached hydrogen (secondary N) is 1. The van der Waals surface area contributed by atoms with Gasteiger partial charge in [-0.3, -0.25) is 4.79 Å². The number of halogens is 2. The maximum absolute atomic E-state index is 11.6. The smallest absolute Gasteiger partial charge is 0.247 e. The van der Waals surface area contributed by atoms with Gasteiger partial charge in [-0.15, -0.1) is 10.2 Å². The van der Waals surface area contributed by atoms with E-state index in [9.17, 15) is 4.79 Å². The summed E-state index contributed by atoms with van der Waals surface area (Å²) in [5.41, 5.74) is 8.43. The molecule has 20 heavy (non-hydrogen) atoms. The molecule has 0 atom stereocenters. The van der Waals surface area contributed by atoms with E-state index in [0.717, 1.165) is 11.3 Å². The lowest BCUT2D eigenvalue weighted by molar-refractivity contribution is -0.120. The normalized spacial score (nSPS) is 10.9. The van der Waals surface area contributed by atoms with Crippen molar-refractivity contribution in [3.63, 3.8) is 0 Å². The molecule has 2 aromatic rings. The molecule has 9 heteroatoms. The molecular formula is C11H9Cl2N5OS. The second-order valence-corrected chi connectivity index (χ2v) is 5.61. The van der Waals surface area contributed by atoms with Gasteiger partial charge < -0.3 is 5.73 Å². The maximum atomic E-state index is 11.6. The Kier molecular flexibility index (Phi) is 4.89. The number of benzene rings is 1. The van der Waals surface area contributed by atoms with Crippen LogP contribution in [-0.2, 0) is 11.2 Å². The monoisotopic (exact) mass is 329 g/mol. The Labute approximate surface area is 128 Å². The molecule has 104 valence electrons. The van der Waals surface area contributed by atoms with Crippen molar-refractivity contribution in [2.45, 2.75) is 6.42 Å². The van der Waals surface area contributed by atoms with Crippen LogP contribution < -0.4 is 11.2 Å². The molecule has 6 nitrogen and oxygen atoms in total. The standard InChI is InChI=1S/C11H9Cl2N5OS/c12-7-2-1-6(8(13)3-7)5-15-16-9(19)4-10-17-18-11(14)20-10/h1-3,5H,4H2,(H2,14,18)(H,16,19). The molecule has 2 rings (SSSR count). The van der Waals surface area contributed by atoms with Gasteiger partial charge in [0.25, 0.3) is 0 Å². The quantitative estimate of drug-likeness (QED) is 0.663. The second-order valence-electron chi connectivity index (χ2n) is 3.67. The van der Waals surface area contributed by atoms with Crippen molar-refractivity contribution in [3.05, 3.63) is 38.8 Å². The van der Waals surface area contributed by atoms with Crippen LogP contribution in [0, 0.1) is 0 Å². The molecule has 0 saturated carbocycles. The van der Waals surface area contributed by atoms with Crippen LogP contribution in [0.15, 0.2) is 23.3 Å². The van der Waals surface area contributed by atoms with Gasteiger partial charge in [0, 0.05) is 10.6 Å². The molecule has 0 aliphatic heterocycles. The van der Waals surface area contributed by atoms with E-state index in [-0.39, 0.29) is 12.3 Å². The minimum absolute atomic E-state index is 0.0700. The summed E-state index contributed by atoms with van der Waals surface area (Å²) in [7, 11) is 0. The number of rotatable bonds is 4. The number of amides is 1. The summed E-state index contributed by atoms with van der Waals surface area (Å²) in [6.07, 6.45) is 1.51. The van der Waals surface area contributed by atoms with Crippen molar-refractivity contribution in [1.29, 1.82) is 0 Å². The lowest BCUT2D eigenvalue weighted by Crippen LogP contribution is -2.19. The number of carbonyl (C=O) groups is 1. The van der Waals surface area contributed by atoms with Gasteiger partial charge in [-0.1, -0.05) is 40.6 Å². The molecule has 0 bridgehead atoms. The Balaban J connectivity index is 1.91. The van der Waals surface area contributed by atoms with Gasteiger partial charge in [0.05, 0.1) is 17.7 Å². The predicted octanol–water partition coefficient (Wildman–Crippen LogP) is 2.12. The molecule has 0 spiro atoms. The molecule has 0 unspecified atom stereocenters. The van der Waals surface area contributed by atoms with Crippen LogP contribution in [0.1, 0.15) is 10.6 Å². The summed E-state index contributed by atoms with van der Waals surface area (Å²) < 4.78 is 0. The summed E-state index contributed by atoms with van der Waals surface area (Å²) in [6, 6.07) is 4.97. The fourth-order valence-corrected chi connectivity index (χ4v) is 2.36. The van der Waals surface area contributed by atoms with E-state index < -0.39 is 0 Å². The molecular weight excluding hydrogens is 321 g/mol. The predicted molar refractivity (Wildman–Crippen MR) is 80.2 cm³/mol. The fourth-order valence-electron chi connectivity index (χ4n) is 1.29. The van der Waals surface area contributed by atoms with E-state index in [0.29, 0.717) is 25.7 Å². The van der Waals surface area contributed by atoms with Crippen LogP contribution >= 0.6 is 34.5 Å². The lowest BCUT2D eigenvalue weighted by atomic mass is 10.2. The highest BCUT2D eigenvalue weighted by Crippen LogP contribution is 2.19. The third-order valence-corrected chi connectivity index (χ3v) is 3.46. The number of nitrogen functional groups attached to an aromatic ring is 1. The summed E-state index contributed by atoms with van der Waals surface area (Å²) in [6.45, 7) is 0. The van der Waals surface area contributed by atoms with E-state index in [1.165, 1.54) is 6.21 Å². The summed E-state index contributed by atoms with van der Waals surface area (Å²) in [5, 5.41) is 13.0. The molecule has 0 aliphatic carbocycles. The number of hydrogen-bond acceptors (Lipinski definition) is 6. The molecule has 0 saturated heterocycles. The average Bonchev–Trinajstić information content (AvgIpc) is 2.77. The molecule has 0 fully saturated rings. The van der Waals surface area contributed by atoms with Crippen LogP contribution in [0.25, 0.3) is 0 Å². The zero-order valence-corrected chi connectivity index (χ0v) is 12.3. The molecule has 0 aliphatic rings. The van der Waals surface area contributed by atoms with Gasteiger partial charge in [0.2, 0.25) is 11.0 Å². The van der Waals surface area contributed by atoms with E-state index in [2.05, 4.69) is 20.7 Å². The molecule has 1 aromatic heterocycles. The van der Waals surface area contributed by atoms with Gasteiger partial charge in [-0.2, -0.15) is 5.10 Å². The van der Waals surface area contributed by atoms with Crippen LogP contribution in [0.3, 0.4) is 0 Å². The van der Waals surface area contributed by atoms with Crippen LogP contribution in [0.2, 0.25) is 10.0 Å². The van der Waals surface area contributed by atoms with Crippen molar-refractivity contribution < 1.29 is 4.79 Å². The Morgan fingerprint density at radius 1 is 1.45 bits per heavy atom. The number of anilines is 1. The first kappa shape index (κ1) is 14.7. The van der Waals surface area contributed by atoms with Crippen LogP contribution in [-0.4, -0.2) is 22.3 Å². The fraction of sp³-hybridized carbons (Fsp3) is 0.0909. The number of nitrogens with zero attached hydrogens (tertiary/aromatic N) is 3. The summed E-state index contributed by atoms with van der Waals surface area (Å²) >= 11 is 12.9. The number of hydrogen-bond donors (Lipinski definition) is 2. The van der Waals surface area contributed by atoms with Gasteiger partial charge in [0.15, 0.2) is 0 Å². The number of carbonyl (C=O) groups excluding carboxylic acids is 1. The van der Waals surface area contributed by atoms with Gasteiger partial charge in [-0.05, 0) is 12.1 Å². The lowest BCUT2D eigenvalue weighted by Gasteiger charge is -1.99. The number of aromatic nitrogens is 2. The van der Waals surface area contributed by atoms with Gasteiger partial charge in [-0.25, -0.2) is 5.43 Å². The SMILES string of the molecule is Nc1nnc(CC(=O)NN=Cc2ccc(Cl)cc2Cl)s1. The number of nitrogens with two attached hydrogens (primary N) is 1. The molecule has 1 amide bonds. The minimum atomic E-state index is -0.317. The van der Waals surface area contributed by atoms with E-state index in [1.54, 1.807) is 18.2 Å². The van der Waals surface area contributed by atoms with Crippen molar-refractivity contribution in [2.24, 2.45) is 5.10 Å². The van der Waals surface area contributed by atoms with Gasteiger partial charge >= 0.3 is 0 Å². The zero-order valence-electron chi connectivity index (χ0n) is 10.0. The third-order valence-electron chi connectivity index (χ3n) is 2.15. The van der Waals surface area contributed by atoms with E-state index in [1.807, 2.05) is 0 Å². The Bertz CT molecular complexity index is 658. The Hall–Kier alpha value is -1.70. The average molecular weight is 330 g/mol. The highest BCUT2D eigenvalue weighted by Gasteiger charge is 2.07. The van der Waals surface area contributed by atoms with Crippen LogP contribution in [0.4, 0.5) is 5.13 Å². The van der Waals surface area contributed by atoms with E-state index >= 15 is 0 Å². The van der Waals surface area contributed by atoms with Crippen LogP contribution in [0.5, 0.6) is 0 Å². The molecule has 3 N–H and O–H groups in total. The topological polar surface area (TPSA) is 93.3 Å². The summed E-state index contributed by atoms with van der Waals surface area (Å²) in [4.78, 5) is 11.6. The molecule has 1 heterocycles. The van der Waals surface area contributed by atoms with E-state index in [4.69, 9.17) is 28.9 Å². The first-order valence-electron chi connectivity index (χ1n) is 5.39.